The van der Waals surface area contributed by atoms with E-state index in [-0.39, 0.29) is 6.03 Å². The zero-order chi connectivity index (χ0) is 17.0. The van der Waals surface area contributed by atoms with E-state index >= 15 is 0 Å². The highest BCUT2D eigenvalue weighted by atomic mass is 35.5. The van der Waals surface area contributed by atoms with Crippen molar-refractivity contribution < 1.29 is 14.7 Å². The van der Waals surface area contributed by atoms with E-state index in [0.717, 1.165) is 30.2 Å². The van der Waals surface area contributed by atoms with Gasteiger partial charge in [-0.15, -0.1) is 0 Å². The molecule has 0 unspecified atom stereocenters. The molecule has 23 heavy (non-hydrogen) atoms. The smallest absolute Gasteiger partial charge is 0.328 e. The third-order valence-electron chi connectivity index (χ3n) is 3.91. The molecule has 1 heterocycles. The van der Waals surface area contributed by atoms with E-state index in [4.69, 9.17) is 16.7 Å². The number of rotatable bonds is 4. The molecule has 1 fully saturated rings. The summed E-state index contributed by atoms with van der Waals surface area (Å²) in [6.45, 7) is 6.37. The predicted octanol–water partition coefficient (Wildman–Crippen LogP) is 2.03. The molecule has 0 aliphatic carbocycles. The minimum Gasteiger partial charge on any atom is -0.480 e. The van der Waals surface area contributed by atoms with Crippen molar-refractivity contribution in [3.63, 3.8) is 0 Å². The lowest BCUT2D eigenvalue weighted by Gasteiger charge is -2.36. The van der Waals surface area contributed by atoms with Gasteiger partial charge in [0, 0.05) is 37.7 Å². The fourth-order valence-corrected chi connectivity index (χ4v) is 2.62. The van der Waals surface area contributed by atoms with Crippen molar-refractivity contribution in [2.24, 2.45) is 0 Å². The highest BCUT2D eigenvalue weighted by Crippen LogP contribution is 2.14. The average molecular weight is 340 g/mol. The zero-order valence-corrected chi connectivity index (χ0v) is 14.1. The summed E-state index contributed by atoms with van der Waals surface area (Å²) in [6.07, 6.45) is 0. The van der Waals surface area contributed by atoms with Crippen molar-refractivity contribution in [1.82, 2.24) is 15.1 Å². The van der Waals surface area contributed by atoms with Gasteiger partial charge in [-0.25, -0.2) is 9.59 Å². The molecule has 0 radical (unpaired) electrons. The molecular formula is C16H22ClN3O3. The molecule has 2 amide bonds. The second-order valence-corrected chi connectivity index (χ2v) is 6.69. The van der Waals surface area contributed by atoms with Crippen LogP contribution in [-0.4, -0.2) is 58.6 Å². The summed E-state index contributed by atoms with van der Waals surface area (Å²) < 4.78 is 0. The molecule has 0 atom stereocenters. The molecule has 2 N–H and O–H groups in total. The van der Waals surface area contributed by atoms with Crippen LogP contribution in [0.1, 0.15) is 19.4 Å². The Kier molecular flexibility index (Phi) is 5.49. The average Bonchev–Trinajstić information content (AvgIpc) is 2.47. The number of nitrogens with zero attached hydrogens (tertiary/aromatic N) is 2. The van der Waals surface area contributed by atoms with Crippen LogP contribution in [0.2, 0.25) is 5.02 Å². The number of hydrogen-bond acceptors (Lipinski definition) is 3. The first kappa shape index (κ1) is 17.6. The van der Waals surface area contributed by atoms with Gasteiger partial charge in [0.25, 0.3) is 0 Å². The molecule has 0 aromatic heterocycles. The lowest BCUT2D eigenvalue weighted by atomic mass is 10.1. The second kappa shape index (κ2) is 7.19. The number of aliphatic carboxylic acids is 1. The monoisotopic (exact) mass is 339 g/mol. The maximum absolute atomic E-state index is 12.1. The van der Waals surface area contributed by atoms with Gasteiger partial charge in [-0.3, -0.25) is 4.90 Å². The molecule has 0 saturated carbocycles. The van der Waals surface area contributed by atoms with Crippen LogP contribution in [0.15, 0.2) is 24.3 Å². The topological polar surface area (TPSA) is 72.9 Å². The highest BCUT2D eigenvalue weighted by Gasteiger charge is 2.31. The van der Waals surface area contributed by atoms with Gasteiger partial charge in [0.15, 0.2) is 0 Å². The lowest BCUT2D eigenvalue weighted by Crippen LogP contribution is -2.57. The Morgan fingerprint density at radius 3 is 2.48 bits per heavy atom. The molecule has 7 heteroatoms. The Morgan fingerprint density at radius 1 is 1.26 bits per heavy atom. The largest absolute Gasteiger partial charge is 0.480 e. The third kappa shape index (κ3) is 4.84. The van der Waals surface area contributed by atoms with Crippen molar-refractivity contribution in [3.05, 3.63) is 34.9 Å². The van der Waals surface area contributed by atoms with Crippen LogP contribution < -0.4 is 5.32 Å². The minimum absolute atomic E-state index is 0.334. The molecule has 126 valence electrons. The van der Waals surface area contributed by atoms with Crippen molar-refractivity contribution in [2.45, 2.75) is 25.9 Å². The molecule has 1 aromatic rings. The summed E-state index contributed by atoms with van der Waals surface area (Å²) in [6, 6.07) is 7.41. The van der Waals surface area contributed by atoms with Gasteiger partial charge >= 0.3 is 12.0 Å². The van der Waals surface area contributed by atoms with Gasteiger partial charge in [0.1, 0.15) is 5.54 Å². The first-order chi connectivity index (χ1) is 10.8. The number of carboxylic acids is 1. The van der Waals surface area contributed by atoms with E-state index < -0.39 is 11.5 Å². The number of carboxylic acid groups (broad SMARTS) is 1. The van der Waals surface area contributed by atoms with Crippen LogP contribution in [-0.2, 0) is 11.3 Å². The van der Waals surface area contributed by atoms with Crippen LogP contribution in [0, 0.1) is 0 Å². The fourth-order valence-electron chi connectivity index (χ4n) is 2.40. The number of carbonyl (C=O) groups excluding carboxylic acids is 1. The number of hydrogen-bond donors (Lipinski definition) is 2. The van der Waals surface area contributed by atoms with E-state index in [1.54, 1.807) is 4.90 Å². The normalized spacial score (nSPS) is 16.2. The quantitative estimate of drug-likeness (QED) is 0.880. The minimum atomic E-state index is -1.27. The summed E-state index contributed by atoms with van der Waals surface area (Å²) >= 11 is 5.99. The molecular weight excluding hydrogens is 318 g/mol. The standard InChI is InChI=1S/C16H22ClN3O3/c1-16(2,14(21)22)18-15(23)20-8-6-19(7-9-20)11-12-4-3-5-13(17)10-12/h3-5,10H,6-9,11H2,1-2H3,(H,18,23)(H,21,22). The van der Waals surface area contributed by atoms with Crippen LogP contribution in [0.5, 0.6) is 0 Å². The Hall–Kier alpha value is -1.79. The zero-order valence-electron chi connectivity index (χ0n) is 13.4. The molecule has 0 spiro atoms. The maximum Gasteiger partial charge on any atom is 0.328 e. The summed E-state index contributed by atoms with van der Waals surface area (Å²) in [7, 11) is 0. The molecule has 1 saturated heterocycles. The lowest BCUT2D eigenvalue weighted by molar-refractivity contribution is -0.143. The Bertz CT molecular complexity index is 584. The van der Waals surface area contributed by atoms with E-state index in [0.29, 0.717) is 13.1 Å². The van der Waals surface area contributed by atoms with E-state index in [1.165, 1.54) is 13.8 Å². The van der Waals surface area contributed by atoms with Crippen LogP contribution in [0.25, 0.3) is 0 Å². The summed E-state index contributed by atoms with van der Waals surface area (Å²) in [4.78, 5) is 27.1. The fraction of sp³-hybridized carbons (Fsp3) is 0.500. The van der Waals surface area contributed by atoms with Gasteiger partial charge in [0.05, 0.1) is 0 Å². The van der Waals surface area contributed by atoms with Crippen molar-refractivity contribution in [1.29, 1.82) is 0 Å². The van der Waals surface area contributed by atoms with Crippen LogP contribution in [0.4, 0.5) is 4.79 Å². The first-order valence-electron chi connectivity index (χ1n) is 7.55. The molecule has 0 bridgehead atoms. The molecule has 1 aliphatic heterocycles. The van der Waals surface area contributed by atoms with E-state index in [2.05, 4.69) is 10.2 Å². The number of amides is 2. The summed E-state index contributed by atoms with van der Waals surface area (Å²) in [5, 5.41) is 12.3. The number of urea groups is 1. The first-order valence-corrected chi connectivity index (χ1v) is 7.93. The number of benzene rings is 1. The number of piperazine rings is 1. The second-order valence-electron chi connectivity index (χ2n) is 6.25. The Balaban J connectivity index is 1.84. The van der Waals surface area contributed by atoms with Gasteiger partial charge < -0.3 is 15.3 Å². The van der Waals surface area contributed by atoms with E-state index in [1.807, 2.05) is 24.3 Å². The molecule has 2 rings (SSSR count). The highest BCUT2D eigenvalue weighted by molar-refractivity contribution is 6.30. The molecule has 1 aliphatic rings. The summed E-state index contributed by atoms with van der Waals surface area (Å²) in [5.74, 6) is -1.05. The van der Waals surface area contributed by atoms with Crippen molar-refractivity contribution in [2.75, 3.05) is 26.2 Å². The third-order valence-corrected chi connectivity index (χ3v) is 4.14. The number of halogens is 1. The van der Waals surface area contributed by atoms with Crippen molar-refractivity contribution in [3.8, 4) is 0 Å². The van der Waals surface area contributed by atoms with Crippen LogP contribution in [0.3, 0.4) is 0 Å². The SMILES string of the molecule is CC(C)(NC(=O)N1CCN(Cc2cccc(Cl)c2)CC1)C(=O)O. The van der Waals surface area contributed by atoms with Crippen LogP contribution >= 0.6 is 11.6 Å². The number of nitrogens with one attached hydrogen (secondary N) is 1. The molecule has 6 nitrogen and oxygen atoms in total. The number of carbonyl (C=O) groups is 2. The maximum atomic E-state index is 12.1. The van der Waals surface area contributed by atoms with Gasteiger partial charge in [-0.05, 0) is 31.5 Å². The summed E-state index contributed by atoms with van der Waals surface area (Å²) in [5.41, 5.74) is -0.128. The van der Waals surface area contributed by atoms with E-state index in [9.17, 15) is 9.59 Å². The van der Waals surface area contributed by atoms with Gasteiger partial charge in [-0.1, -0.05) is 23.7 Å². The van der Waals surface area contributed by atoms with Gasteiger partial charge in [-0.2, -0.15) is 0 Å². The van der Waals surface area contributed by atoms with Gasteiger partial charge in [0.2, 0.25) is 0 Å². The van der Waals surface area contributed by atoms with Crippen molar-refractivity contribution >= 4 is 23.6 Å². The Labute approximate surface area is 141 Å². The predicted molar refractivity (Wildman–Crippen MR) is 88.5 cm³/mol. The molecule has 1 aromatic carbocycles. The Morgan fingerprint density at radius 2 is 1.91 bits per heavy atom.